The molecule has 0 radical (unpaired) electrons. The van der Waals surface area contributed by atoms with Crippen molar-refractivity contribution >= 4 is 15.9 Å². The van der Waals surface area contributed by atoms with Gasteiger partial charge in [-0.25, -0.2) is 12.7 Å². The van der Waals surface area contributed by atoms with Gasteiger partial charge in [0.15, 0.2) is 0 Å². The molecule has 0 fully saturated rings. The first-order chi connectivity index (χ1) is 8.04. The van der Waals surface area contributed by atoms with E-state index in [1.165, 1.54) is 6.07 Å². The highest BCUT2D eigenvalue weighted by atomic mass is 32.2. The van der Waals surface area contributed by atoms with Gasteiger partial charge in [-0.2, -0.15) is 0 Å². The second-order valence-electron chi connectivity index (χ2n) is 4.07. The Kier molecular flexibility index (Phi) is 2.95. The lowest BCUT2D eigenvalue weighted by Gasteiger charge is -2.24. The molecule has 1 aliphatic heterocycles. The molecule has 0 saturated heterocycles. The van der Waals surface area contributed by atoms with E-state index in [-0.39, 0.29) is 10.9 Å². The third-order valence-electron chi connectivity index (χ3n) is 3.13. The summed E-state index contributed by atoms with van der Waals surface area (Å²) in [7, 11) is -3.64. The molecule has 0 unspecified atom stereocenters. The van der Waals surface area contributed by atoms with Gasteiger partial charge < -0.3 is 0 Å². The van der Waals surface area contributed by atoms with E-state index in [1.807, 2.05) is 13.8 Å². The Labute approximate surface area is 101 Å². The second-order valence-corrected chi connectivity index (χ2v) is 5.86. The Balaban J connectivity index is 2.58. The predicted octanol–water partition coefficient (Wildman–Crippen LogP) is 2.02. The summed E-state index contributed by atoms with van der Waals surface area (Å²) in [6, 6.07) is 6.13. The highest BCUT2D eigenvalue weighted by Gasteiger charge is 2.43. The quantitative estimate of drug-likeness (QED) is 0.828. The fourth-order valence-corrected chi connectivity index (χ4v) is 4.09. The van der Waals surface area contributed by atoms with Gasteiger partial charge in [0.25, 0.3) is 15.9 Å². The topological polar surface area (TPSA) is 54.5 Å². The van der Waals surface area contributed by atoms with Gasteiger partial charge in [-0.1, -0.05) is 26.0 Å². The monoisotopic (exact) mass is 253 g/mol. The van der Waals surface area contributed by atoms with E-state index in [9.17, 15) is 13.2 Å². The molecule has 0 spiro atoms. The van der Waals surface area contributed by atoms with Crippen LogP contribution in [-0.2, 0) is 10.0 Å². The van der Waals surface area contributed by atoms with Gasteiger partial charge in [0, 0.05) is 6.04 Å². The van der Waals surface area contributed by atoms with Crippen molar-refractivity contribution in [1.29, 1.82) is 0 Å². The van der Waals surface area contributed by atoms with Gasteiger partial charge in [-0.15, -0.1) is 0 Å². The van der Waals surface area contributed by atoms with Crippen LogP contribution in [0.15, 0.2) is 29.2 Å². The van der Waals surface area contributed by atoms with E-state index in [2.05, 4.69) is 0 Å². The van der Waals surface area contributed by atoms with Crippen molar-refractivity contribution in [3.8, 4) is 0 Å². The Morgan fingerprint density at radius 3 is 2.29 bits per heavy atom. The third kappa shape index (κ3) is 1.65. The molecule has 17 heavy (non-hydrogen) atoms. The second kappa shape index (κ2) is 4.14. The summed E-state index contributed by atoms with van der Waals surface area (Å²) in [6.45, 7) is 3.78. The molecular weight excluding hydrogens is 238 g/mol. The first-order valence-electron chi connectivity index (χ1n) is 5.71. The van der Waals surface area contributed by atoms with Crippen LogP contribution in [0, 0.1) is 0 Å². The number of sulfonamides is 1. The van der Waals surface area contributed by atoms with Crippen LogP contribution in [0.5, 0.6) is 0 Å². The molecule has 2 rings (SSSR count). The number of fused-ring (bicyclic) bond motifs is 1. The van der Waals surface area contributed by atoms with Crippen LogP contribution < -0.4 is 0 Å². The van der Waals surface area contributed by atoms with Crippen LogP contribution in [-0.4, -0.2) is 24.7 Å². The van der Waals surface area contributed by atoms with Crippen molar-refractivity contribution in [2.24, 2.45) is 0 Å². The first kappa shape index (κ1) is 12.1. The van der Waals surface area contributed by atoms with E-state index in [0.29, 0.717) is 18.4 Å². The molecule has 1 amide bonds. The van der Waals surface area contributed by atoms with Crippen molar-refractivity contribution in [2.45, 2.75) is 37.6 Å². The summed E-state index contributed by atoms with van der Waals surface area (Å²) >= 11 is 0. The van der Waals surface area contributed by atoms with Crippen molar-refractivity contribution in [3.63, 3.8) is 0 Å². The number of hydrogen-bond donors (Lipinski definition) is 0. The van der Waals surface area contributed by atoms with Crippen molar-refractivity contribution < 1.29 is 13.2 Å². The van der Waals surface area contributed by atoms with Crippen LogP contribution in [0.4, 0.5) is 0 Å². The zero-order valence-corrected chi connectivity index (χ0v) is 10.7. The van der Waals surface area contributed by atoms with Crippen LogP contribution in [0.1, 0.15) is 37.0 Å². The summed E-state index contributed by atoms with van der Waals surface area (Å²) in [5, 5.41) is 0. The lowest BCUT2D eigenvalue weighted by Crippen LogP contribution is -2.39. The maximum atomic E-state index is 12.3. The van der Waals surface area contributed by atoms with Gasteiger partial charge in [-0.3, -0.25) is 4.79 Å². The Bertz CT molecular complexity index is 547. The summed E-state index contributed by atoms with van der Waals surface area (Å²) in [5.41, 5.74) is 0.291. The van der Waals surface area contributed by atoms with Gasteiger partial charge in [-0.05, 0) is 25.0 Å². The van der Waals surface area contributed by atoms with Gasteiger partial charge in [0.1, 0.15) is 4.90 Å². The minimum Gasteiger partial charge on any atom is -0.268 e. The lowest BCUT2D eigenvalue weighted by atomic mass is 10.1. The molecule has 1 aromatic rings. The highest BCUT2D eigenvalue weighted by Crippen LogP contribution is 2.33. The number of carbonyl (C=O) groups is 1. The fraction of sp³-hybridized carbons (Fsp3) is 0.417. The highest BCUT2D eigenvalue weighted by molar-refractivity contribution is 7.90. The summed E-state index contributed by atoms with van der Waals surface area (Å²) in [6.07, 6.45) is 1.27. The number of amides is 1. The zero-order valence-electron chi connectivity index (χ0n) is 9.88. The van der Waals surface area contributed by atoms with E-state index in [4.69, 9.17) is 0 Å². The Morgan fingerprint density at radius 1 is 1.18 bits per heavy atom. The first-order valence-corrected chi connectivity index (χ1v) is 7.15. The van der Waals surface area contributed by atoms with Crippen LogP contribution >= 0.6 is 0 Å². The minimum absolute atomic E-state index is 0.136. The van der Waals surface area contributed by atoms with E-state index < -0.39 is 15.9 Å². The molecular formula is C12H15NO3S. The number of nitrogens with zero attached hydrogens (tertiary/aromatic N) is 1. The Hall–Kier alpha value is -1.36. The number of carbonyl (C=O) groups excluding carboxylic acids is 1. The van der Waals surface area contributed by atoms with E-state index >= 15 is 0 Å². The average Bonchev–Trinajstić information content (AvgIpc) is 2.53. The standard InChI is InChI=1S/C12H15NO3S/c1-3-9(4-2)13-12(14)10-7-5-6-8-11(10)17(13,15)16/h5-9H,3-4H2,1-2H3. The number of benzene rings is 1. The summed E-state index contributed by atoms with van der Waals surface area (Å²) in [5.74, 6) is -0.394. The molecule has 0 saturated carbocycles. The summed E-state index contributed by atoms with van der Waals surface area (Å²) < 4.78 is 25.6. The molecule has 0 aliphatic carbocycles. The van der Waals surface area contributed by atoms with Crippen LogP contribution in [0.25, 0.3) is 0 Å². The lowest BCUT2D eigenvalue weighted by molar-refractivity contribution is 0.0827. The molecule has 0 bridgehead atoms. The van der Waals surface area contributed by atoms with Gasteiger partial charge >= 0.3 is 0 Å². The van der Waals surface area contributed by atoms with Crippen molar-refractivity contribution in [1.82, 2.24) is 4.31 Å². The SMILES string of the molecule is CCC(CC)N1C(=O)c2ccccc2S1(=O)=O. The minimum atomic E-state index is -3.64. The van der Waals surface area contributed by atoms with Crippen LogP contribution in [0.3, 0.4) is 0 Å². The van der Waals surface area contributed by atoms with Gasteiger partial charge in [0.05, 0.1) is 5.56 Å². The molecule has 0 atom stereocenters. The maximum Gasteiger partial charge on any atom is 0.269 e. The predicted molar refractivity (Wildman–Crippen MR) is 64.2 cm³/mol. The van der Waals surface area contributed by atoms with Gasteiger partial charge in [0.2, 0.25) is 0 Å². The smallest absolute Gasteiger partial charge is 0.268 e. The third-order valence-corrected chi connectivity index (χ3v) is 5.02. The molecule has 5 heteroatoms. The van der Waals surface area contributed by atoms with Crippen molar-refractivity contribution in [3.05, 3.63) is 29.8 Å². The molecule has 1 heterocycles. The van der Waals surface area contributed by atoms with Crippen molar-refractivity contribution in [2.75, 3.05) is 0 Å². The summed E-state index contributed by atoms with van der Waals surface area (Å²) in [4.78, 5) is 12.3. The van der Waals surface area contributed by atoms with E-state index in [0.717, 1.165) is 4.31 Å². The maximum absolute atomic E-state index is 12.3. The fourth-order valence-electron chi connectivity index (χ4n) is 2.18. The molecule has 0 aromatic heterocycles. The van der Waals surface area contributed by atoms with E-state index in [1.54, 1.807) is 18.2 Å². The molecule has 92 valence electrons. The Morgan fingerprint density at radius 2 is 1.76 bits per heavy atom. The molecule has 1 aliphatic rings. The largest absolute Gasteiger partial charge is 0.269 e. The molecule has 0 N–H and O–H groups in total. The average molecular weight is 253 g/mol. The molecule has 4 nitrogen and oxygen atoms in total. The normalized spacial score (nSPS) is 17.6. The number of hydrogen-bond acceptors (Lipinski definition) is 3. The zero-order chi connectivity index (χ0) is 12.6. The van der Waals surface area contributed by atoms with Crippen LogP contribution in [0.2, 0.25) is 0 Å². The molecule has 1 aromatic carbocycles. The number of rotatable bonds is 3.